The summed E-state index contributed by atoms with van der Waals surface area (Å²) in [6.45, 7) is 9.33. The molecule has 3 nitrogen and oxygen atoms in total. The predicted molar refractivity (Wildman–Crippen MR) is 80.3 cm³/mol. The number of rotatable bonds is 8. The van der Waals surface area contributed by atoms with Crippen LogP contribution in [0.15, 0.2) is 0 Å². The average molecular weight is 268 g/mol. The van der Waals surface area contributed by atoms with E-state index >= 15 is 0 Å². The van der Waals surface area contributed by atoms with Gasteiger partial charge in [0.05, 0.1) is 6.61 Å². The van der Waals surface area contributed by atoms with E-state index in [1.807, 2.05) is 0 Å². The zero-order valence-electron chi connectivity index (χ0n) is 13.0. The molecule has 2 fully saturated rings. The third-order valence-corrected chi connectivity index (χ3v) is 5.20. The zero-order chi connectivity index (χ0) is 13.9. The summed E-state index contributed by atoms with van der Waals surface area (Å²) in [5, 5.41) is 13.3. The van der Waals surface area contributed by atoms with Crippen molar-refractivity contribution in [3.05, 3.63) is 0 Å². The van der Waals surface area contributed by atoms with Gasteiger partial charge in [-0.2, -0.15) is 0 Å². The maximum absolute atomic E-state index is 9.75. The van der Waals surface area contributed by atoms with Gasteiger partial charge in [-0.3, -0.25) is 0 Å². The normalized spacial score (nSPS) is 30.2. The molecule has 19 heavy (non-hydrogen) atoms. The van der Waals surface area contributed by atoms with Crippen LogP contribution in [0.5, 0.6) is 0 Å². The Morgan fingerprint density at radius 3 is 2.63 bits per heavy atom. The molecule has 0 amide bonds. The molecule has 1 heterocycles. The van der Waals surface area contributed by atoms with Crippen LogP contribution in [0.2, 0.25) is 0 Å². The van der Waals surface area contributed by atoms with E-state index in [0.717, 1.165) is 24.8 Å². The van der Waals surface area contributed by atoms with Crippen LogP contribution in [0, 0.1) is 5.92 Å². The highest BCUT2D eigenvalue weighted by Crippen LogP contribution is 2.37. The summed E-state index contributed by atoms with van der Waals surface area (Å²) < 4.78 is 0. The number of hydrogen-bond acceptors (Lipinski definition) is 3. The van der Waals surface area contributed by atoms with Gasteiger partial charge in [0.2, 0.25) is 0 Å². The van der Waals surface area contributed by atoms with Crippen molar-refractivity contribution in [2.45, 2.75) is 76.9 Å². The van der Waals surface area contributed by atoms with E-state index in [1.54, 1.807) is 0 Å². The second kappa shape index (κ2) is 6.55. The van der Waals surface area contributed by atoms with Gasteiger partial charge in [0.1, 0.15) is 0 Å². The maximum atomic E-state index is 9.75. The largest absolute Gasteiger partial charge is 0.394 e. The Morgan fingerprint density at radius 2 is 2.16 bits per heavy atom. The van der Waals surface area contributed by atoms with E-state index in [4.69, 9.17) is 0 Å². The molecule has 1 saturated carbocycles. The number of nitrogens with zero attached hydrogens (tertiary/aromatic N) is 1. The SMILES string of the molecule is CCC(CO)(CCCN1CC2CCC1C2)NC(C)C. The van der Waals surface area contributed by atoms with E-state index in [1.165, 1.54) is 38.8 Å². The molecule has 1 aliphatic heterocycles. The van der Waals surface area contributed by atoms with Crippen LogP contribution < -0.4 is 5.32 Å². The molecule has 2 aliphatic rings. The third kappa shape index (κ3) is 3.71. The number of nitrogens with one attached hydrogen (secondary N) is 1. The van der Waals surface area contributed by atoms with Crippen molar-refractivity contribution < 1.29 is 5.11 Å². The lowest BCUT2D eigenvalue weighted by Gasteiger charge is -2.35. The summed E-state index contributed by atoms with van der Waals surface area (Å²) in [6.07, 6.45) is 7.64. The van der Waals surface area contributed by atoms with E-state index in [9.17, 15) is 5.11 Å². The molecule has 1 saturated heterocycles. The van der Waals surface area contributed by atoms with Gasteiger partial charge in [-0.15, -0.1) is 0 Å². The average Bonchev–Trinajstić information content (AvgIpc) is 2.99. The van der Waals surface area contributed by atoms with Gasteiger partial charge in [0.15, 0.2) is 0 Å². The molecule has 112 valence electrons. The van der Waals surface area contributed by atoms with Crippen LogP contribution in [0.25, 0.3) is 0 Å². The van der Waals surface area contributed by atoms with Crippen LogP contribution >= 0.6 is 0 Å². The Balaban J connectivity index is 1.76. The number of likely N-dealkylation sites (tertiary alicyclic amines) is 1. The highest BCUT2D eigenvalue weighted by Gasteiger charge is 2.37. The zero-order valence-corrected chi connectivity index (χ0v) is 13.0. The second-order valence-corrected chi connectivity index (χ2v) is 7.02. The summed E-state index contributed by atoms with van der Waals surface area (Å²) in [5.74, 6) is 0.993. The van der Waals surface area contributed by atoms with Crippen LogP contribution in [0.4, 0.5) is 0 Å². The van der Waals surface area contributed by atoms with Crippen LogP contribution in [-0.2, 0) is 0 Å². The molecule has 0 aromatic carbocycles. The lowest BCUT2D eigenvalue weighted by atomic mass is 9.90. The number of hydrogen-bond donors (Lipinski definition) is 2. The Morgan fingerprint density at radius 1 is 1.37 bits per heavy atom. The van der Waals surface area contributed by atoms with Gasteiger partial charge in [-0.05, 0) is 51.0 Å². The first-order chi connectivity index (χ1) is 9.08. The topological polar surface area (TPSA) is 35.5 Å². The number of aliphatic hydroxyl groups excluding tert-OH is 1. The molecule has 0 aromatic heterocycles. The third-order valence-electron chi connectivity index (χ3n) is 5.20. The van der Waals surface area contributed by atoms with E-state index in [2.05, 4.69) is 31.0 Å². The highest BCUT2D eigenvalue weighted by molar-refractivity contribution is 4.93. The number of fused-ring (bicyclic) bond motifs is 2. The van der Waals surface area contributed by atoms with Crippen molar-refractivity contribution in [2.75, 3.05) is 19.7 Å². The van der Waals surface area contributed by atoms with Gasteiger partial charge in [0.25, 0.3) is 0 Å². The van der Waals surface area contributed by atoms with Gasteiger partial charge in [0, 0.05) is 24.2 Å². The Labute approximate surface area is 118 Å². The van der Waals surface area contributed by atoms with E-state index < -0.39 is 0 Å². The van der Waals surface area contributed by atoms with Gasteiger partial charge in [-0.25, -0.2) is 0 Å². The Bertz CT molecular complexity index is 276. The first kappa shape index (κ1) is 15.3. The first-order valence-electron chi connectivity index (χ1n) is 8.21. The fraction of sp³-hybridized carbons (Fsp3) is 1.00. The molecule has 0 aromatic rings. The van der Waals surface area contributed by atoms with Crippen molar-refractivity contribution in [1.82, 2.24) is 10.2 Å². The summed E-state index contributed by atoms with van der Waals surface area (Å²) >= 11 is 0. The first-order valence-corrected chi connectivity index (χ1v) is 8.21. The molecule has 2 bridgehead atoms. The molecular formula is C16H32N2O. The molecule has 3 atom stereocenters. The molecule has 2 N–H and O–H groups in total. The minimum Gasteiger partial charge on any atom is -0.394 e. The molecular weight excluding hydrogens is 236 g/mol. The summed E-state index contributed by atoms with van der Waals surface area (Å²) in [6, 6.07) is 1.32. The Kier molecular flexibility index (Phi) is 5.27. The minimum atomic E-state index is -0.0626. The fourth-order valence-electron chi connectivity index (χ4n) is 4.12. The fourth-order valence-corrected chi connectivity index (χ4v) is 4.12. The van der Waals surface area contributed by atoms with Gasteiger partial charge < -0.3 is 15.3 Å². The van der Waals surface area contributed by atoms with Crippen molar-refractivity contribution >= 4 is 0 Å². The lowest BCUT2D eigenvalue weighted by Crippen LogP contribution is -2.51. The van der Waals surface area contributed by atoms with Crippen LogP contribution in [0.1, 0.15) is 59.3 Å². The molecule has 2 rings (SSSR count). The van der Waals surface area contributed by atoms with Gasteiger partial charge >= 0.3 is 0 Å². The maximum Gasteiger partial charge on any atom is 0.0613 e. The lowest BCUT2D eigenvalue weighted by molar-refractivity contribution is 0.126. The molecule has 0 spiro atoms. The van der Waals surface area contributed by atoms with E-state index in [0.29, 0.717) is 6.04 Å². The van der Waals surface area contributed by atoms with Crippen LogP contribution in [0.3, 0.4) is 0 Å². The Hall–Kier alpha value is -0.120. The van der Waals surface area contributed by atoms with Crippen molar-refractivity contribution in [3.8, 4) is 0 Å². The summed E-state index contributed by atoms with van der Waals surface area (Å²) in [7, 11) is 0. The minimum absolute atomic E-state index is 0.0626. The highest BCUT2D eigenvalue weighted by atomic mass is 16.3. The van der Waals surface area contributed by atoms with Crippen molar-refractivity contribution in [3.63, 3.8) is 0 Å². The monoisotopic (exact) mass is 268 g/mol. The van der Waals surface area contributed by atoms with Crippen LogP contribution in [-0.4, -0.2) is 47.3 Å². The second-order valence-electron chi connectivity index (χ2n) is 7.02. The quantitative estimate of drug-likeness (QED) is 0.709. The number of piperidine rings is 1. The molecule has 0 radical (unpaired) electrons. The standard InChI is InChI=1S/C16H32N2O/c1-4-16(12-19,17-13(2)3)8-5-9-18-11-14-6-7-15(18)10-14/h13-15,17,19H,4-12H2,1-3H3. The van der Waals surface area contributed by atoms with Crippen molar-refractivity contribution in [2.24, 2.45) is 5.92 Å². The molecule has 3 unspecified atom stereocenters. The molecule has 1 aliphatic carbocycles. The summed E-state index contributed by atoms with van der Waals surface area (Å²) in [5.41, 5.74) is -0.0626. The smallest absolute Gasteiger partial charge is 0.0613 e. The predicted octanol–water partition coefficient (Wildman–Crippen LogP) is 2.39. The van der Waals surface area contributed by atoms with Crippen molar-refractivity contribution in [1.29, 1.82) is 0 Å². The van der Waals surface area contributed by atoms with Gasteiger partial charge in [-0.1, -0.05) is 20.8 Å². The molecule has 3 heteroatoms. The number of aliphatic hydroxyl groups is 1. The summed E-state index contributed by atoms with van der Waals surface area (Å²) in [4.78, 5) is 2.70. The van der Waals surface area contributed by atoms with E-state index in [-0.39, 0.29) is 12.1 Å².